The highest BCUT2D eigenvalue weighted by molar-refractivity contribution is 6.30. The van der Waals surface area contributed by atoms with E-state index in [1.54, 1.807) is 53.4 Å². The average molecular weight is 630 g/mol. The van der Waals surface area contributed by atoms with Crippen LogP contribution in [0.3, 0.4) is 0 Å². The second-order valence-electron chi connectivity index (χ2n) is 10.3. The van der Waals surface area contributed by atoms with Gasteiger partial charge in [0.25, 0.3) is 11.8 Å². The number of carbonyl (C=O) groups is 3. The lowest BCUT2D eigenvalue weighted by atomic mass is 10.0. The quantitative estimate of drug-likeness (QED) is 0.190. The van der Waals surface area contributed by atoms with Gasteiger partial charge in [-0.1, -0.05) is 36.2 Å². The summed E-state index contributed by atoms with van der Waals surface area (Å²) < 4.78 is 11.4. The molecule has 0 aromatic heterocycles. The summed E-state index contributed by atoms with van der Waals surface area (Å²) in [6.07, 6.45) is 2.47. The monoisotopic (exact) mass is 628 g/mol. The zero-order chi connectivity index (χ0) is 30.2. The summed E-state index contributed by atoms with van der Waals surface area (Å²) in [4.78, 5) is 41.2. The molecule has 2 atom stereocenters. The van der Waals surface area contributed by atoms with Crippen LogP contribution < -0.4 is 26.4 Å². The largest absolute Gasteiger partial charge is 0.496 e. The Kier molecular flexibility index (Phi) is 12.4. The van der Waals surface area contributed by atoms with Gasteiger partial charge >= 0.3 is 5.97 Å². The number of amides is 2. The molecule has 1 aliphatic rings. The van der Waals surface area contributed by atoms with Crippen molar-refractivity contribution < 1.29 is 23.9 Å². The van der Waals surface area contributed by atoms with Crippen molar-refractivity contribution in [2.24, 2.45) is 11.5 Å². The maximum Gasteiger partial charge on any atom is 0.323 e. The molecule has 9 nitrogen and oxygen atoms in total. The fraction of sp³-hybridized carbons (Fsp3) is 0.344. The first-order chi connectivity index (χ1) is 20.2. The predicted octanol–water partition coefficient (Wildman–Crippen LogP) is 5.81. The fourth-order valence-corrected chi connectivity index (χ4v) is 5.22. The van der Waals surface area contributed by atoms with E-state index in [4.69, 9.17) is 32.5 Å². The van der Waals surface area contributed by atoms with Crippen LogP contribution in [-0.4, -0.2) is 44.0 Å². The number of hydrogen-bond donors (Lipinski definition) is 3. The first kappa shape index (κ1) is 33.9. The second kappa shape index (κ2) is 15.7. The van der Waals surface area contributed by atoms with Gasteiger partial charge in [0.15, 0.2) is 0 Å². The molecular weight excluding hydrogens is 591 g/mol. The number of ether oxygens (including phenoxy) is 2. The van der Waals surface area contributed by atoms with Crippen molar-refractivity contribution in [3.63, 3.8) is 0 Å². The number of rotatable bonds is 10. The van der Waals surface area contributed by atoms with Gasteiger partial charge in [0.05, 0.1) is 18.4 Å². The SMILES string of the molecule is COc1cc(NC(=O)c2ccccc2C)ccc1C(=O)N1CCCC(OC(=O)[C@@H](N)CCCCN)c2cc(Cl)ccc21.Cl. The van der Waals surface area contributed by atoms with Crippen molar-refractivity contribution in [3.8, 4) is 5.75 Å². The Morgan fingerprint density at radius 2 is 1.84 bits per heavy atom. The summed E-state index contributed by atoms with van der Waals surface area (Å²) in [5.74, 6) is -0.730. The zero-order valence-electron chi connectivity index (χ0n) is 24.3. The van der Waals surface area contributed by atoms with Crippen LogP contribution in [0.2, 0.25) is 5.02 Å². The highest BCUT2D eigenvalue weighted by atomic mass is 35.5. The normalized spacial score (nSPS) is 14.9. The van der Waals surface area contributed by atoms with Gasteiger partial charge in [0.1, 0.15) is 17.9 Å². The molecule has 0 saturated heterocycles. The Bertz CT molecular complexity index is 1450. The lowest BCUT2D eigenvalue weighted by molar-refractivity contribution is -0.151. The lowest BCUT2D eigenvalue weighted by Gasteiger charge is -2.25. The van der Waals surface area contributed by atoms with Crippen molar-refractivity contribution in [1.29, 1.82) is 0 Å². The van der Waals surface area contributed by atoms with Crippen LogP contribution in [0, 0.1) is 6.92 Å². The third-order valence-corrected chi connectivity index (χ3v) is 7.57. The summed E-state index contributed by atoms with van der Waals surface area (Å²) in [6, 6.07) is 16.6. The molecule has 0 spiro atoms. The number of nitrogens with two attached hydrogens (primary N) is 2. The van der Waals surface area contributed by atoms with Crippen LogP contribution in [0.1, 0.15) is 70.1 Å². The number of benzene rings is 3. The van der Waals surface area contributed by atoms with E-state index >= 15 is 0 Å². The summed E-state index contributed by atoms with van der Waals surface area (Å²) in [6.45, 7) is 2.79. The number of fused-ring (bicyclic) bond motifs is 1. The smallest absolute Gasteiger partial charge is 0.323 e. The molecule has 3 aromatic rings. The Labute approximate surface area is 263 Å². The minimum absolute atomic E-state index is 0. The average Bonchev–Trinajstić information content (AvgIpc) is 3.15. The molecule has 5 N–H and O–H groups in total. The number of halogens is 2. The number of nitrogens with one attached hydrogen (secondary N) is 1. The molecule has 0 bridgehead atoms. The molecule has 0 aliphatic carbocycles. The number of nitrogens with zero attached hydrogens (tertiary/aromatic N) is 1. The fourth-order valence-electron chi connectivity index (χ4n) is 5.04. The van der Waals surface area contributed by atoms with Crippen LogP contribution in [0.5, 0.6) is 5.75 Å². The number of methoxy groups -OCH3 is 1. The Hall–Kier alpha value is -3.63. The molecule has 4 rings (SSSR count). The van der Waals surface area contributed by atoms with Crippen LogP contribution in [0.4, 0.5) is 11.4 Å². The molecule has 43 heavy (non-hydrogen) atoms. The van der Waals surface area contributed by atoms with Gasteiger partial charge in [-0.05, 0) is 81.1 Å². The number of carbonyl (C=O) groups excluding carboxylic acids is 3. The van der Waals surface area contributed by atoms with Gasteiger partial charge in [-0.2, -0.15) is 0 Å². The third-order valence-electron chi connectivity index (χ3n) is 7.33. The molecule has 2 amide bonds. The minimum atomic E-state index is -0.755. The molecule has 1 unspecified atom stereocenters. The van der Waals surface area contributed by atoms with E-state index in [0.29, 0.717) is 71.2 Å². The Balaban J connectivity index is 0.00000506. The molecular formula is C32H38Cl2N4O5. The van der Waals surface area contributed by atoms with Crippen LogP contribution in [-0.2, 0) is 9.53 Å². The first-order valence-electron chi connectivity index (χ1n) is 14.1. The van der Waals surface area contributed by atoms with Crippen molar-refractivity contribution in [2.75, 3.05) is 30.4 Å². The lowest BCUT2D eigenvalue weighted by Crippen LogP contribution is -2.33. The summed E-state index contributed by atoms with van der Waals surface area (Å²) in [5, 5.41) is 3.34. The zero-order valence-corrected chi connectivity index (χ0v) is 25.9. The number of anilines is 2. The van der Waals surface area contributed by atoms with E-state index in [0.717, 1.165) is 18.4 Å². The van der Waals surface area contributed by atoms with Crippen LogP contribution >= 0.6 is 24.0 Å². The minimum Gasteiger partial charge on any atom is -0.496 e. The maximum absolute atomic E-state index is 14.0. The van der Waals surface area contributed by atoms with Gasteiger partial charge < -0.3 is 31.2 Å². The van der Waals surface area contributed by atoms with Crippen molar-refractivity contribution >= 4 is 53.2 Å². The summed E-state index contributed by atoms with van der Waals surface area (Å²) >= 11 is 6.35. The van der Waals surface area contributed by atoms with E-state index in [1.807, 2.05) is 19.1 Å². The van der Waals surface area contributed by atoms with E-state index < -0.39 is 18.1 Å². The molecule has 3 aromatic carbocycles. The van der Waals surface area contributed by atoms with E-state index in [9.17, 15) is 14.4 Å². The predicted molar refractivity (Wildman–Crippen MR) is 171 cm³/mol. The Morgan fingerprint density at radius 3 is 2.56 bits per heavy atom. The van der Waals surface area contributed by atoms with E-state index in [-0.39, 0.29) is 24.2 Å². The van der Waals surface area contributed by atoms with E-state index in [1.165, 1.54) is 7.11 Å². The second-order valence-corrected chi connectivity index (χ2v) is 10.7. The van der Waals surface area contributed by atoms with E-state index in [2.05, 4.69) is 5.32 Å². The summed E-state index contributed by atoms with van der Waals surface area (Å²) in [7, 11) is 1.47. The summed E-state index contributed by atoms with van der Waals surface area (Å²) in [5.41, 5.74) is 15.1. The van der Waals surface area contributed by atoms with Gasteiger partial charge in [-0.15, -0.1) is 12.4 Å². The van der Waals surface area contributed by atoms with Crippen LogP contribution in [0.15, 0.2) is 60.7 Å². The van der Waals surface area contributed by atoms with Crippen molar-refractivity contribution in [1.82, 2.24) is 0 Å². The number of hydrogen-bond acceptors (Lipinski definition) is 7. The van der Waals surface area contributed by atoms with Crippen LogP contribution in [0.25, 0.3) is 0 Å². The molecule has 230 valence electrons. The first-order valence-corrected chi connectivity index (χ1v) is 14.4. The Morgan fingerprint density at radius 1 is 1.07 bits per heavy atom. The van der Waals surface area contributed by atoms with Gasteiger partial charge in [0, 0.05) is 34.4 Å². The molecule has 0 saturated carbocycles. The molecule has 0 fully saturated rings. The number of unbranched alkanes of at least 4 members (excludes halogenated alkanes) is 1. The van der Waals surface area contributed by atoms with Crippen molar-refractivity contribution in [2.45, 2.75) is 51.2 Å². The topological polar surface area (TPSA) is 137 Å². The highest BCUT2D eigenvalue weighted by Crippen LogP contribution is 2.39. The molecule has 0 radical (unpaired) electrons. The maximum atomic E-state index is 14.0. The van der Waals surface area contributed by atoms with Gasteiger partial charge in [-0.25, -0.2) is 0 Å². The number of aryl methyl sites for hydroxylation is 1. The third kappa shape index (κ3) is 8.26. The standard InChI is InChI=1S/C32H37ClN4O5.ClH/c1-20-8-3-4-9-23(20)30(38)36-22-13-14-24(29(19-22)41-2)31(39)37-17-7-11-28(25-18-21(33)12-15-27(25)37)42-32(40)26(35)10-5-6-16-34;/h3-4,8-9,12-15,18-19,26,28H,5-7,10-11,16-17,34-35H2,1-2H3,(H,36,38);1H/t26-,28?;/m0./s1. The molecule has 11 heteroatoms. The highest BCUT2D eigenvalue weighted by Gasteiger charge is 2.31. The number of esters is 1. The molecule has 1 aliphatic heterocycles. The van der Waals surface area contributed by atoms with Gasteiger partial charge in [0.2, 0.25) is 0 Å². The van der Waals surface area contributed by atoms with Crippen molar-refractivity contribution in [3.05, 3.63) is 87.9 Å². The molecule has 1 heterocycles. The van der Waals surface area contributed by atoms with Gasteiger partial charge in [-0.3, -0.25) is 14.4 Å².